The molecule has 4 saturated carbocycles. The fourth-order valence-corrected chi connectivity index (χ4v) is 5.68. The van der Waals surface area contributed by atoms with Gasteiger partial charge in [-0.25, -0.2) is 4.98 Å². The smallest absolute Gasteiger partial charge is 0.126 e. The number of imidazole rings is 1. The van der Waals surface area contributed by atoms with Crippen molar-refractivity contribution >= 4 is 5.82 Å². The maximum atomic E-state index is 6.28. The molecule has 0 atom stereocenters. The van der Waals surface area contributed by atoms with Gasteiger partial charge in [-0.15, -0.1) is 0 Å². The highest BCUT2D eigenvalue weighted by Gasteiger charge is 2.48. The zero-order chi connectivity index (χ0) is 13.9. The van der Waals surface area contributed by atoms with E-state index in [4.69, 9.17) is 10.7 Å². The second kappa shape index (κ2) is 4.51. The monoisotopic (exact) mass is 273 g/mol. The molecule has 4 bridgehead atoms. The molecule has 0 saturated heterocycles. The lowest BCUT2D eigenvalue weighted by molar-refractivity contribution is -0.0362. The van der Waals surface area contributed by atoms with Gasteiger partial charge in [0, 0.05) is 13.5 Å². The minimum absolute atomic E-state index is 0.865. The first-order chi connectivity index (χ1) is 9.65. The Bertz CT molecular complexity index is 489. The van der Waals surface area contributed by atoms with Crippen molar-refractivity contribution in [3.05, 3.63) is 11.5 Å². The van der Waals surface area contributed by atoms with Gasteiger partial charge in [0.25, 0.3) is 0 Å². The number of anilines is 1. The van der Waals surface area contributed by atoms with Crippen LogP contribution < -0.4 is 5.73 Å². The highest BCUT2D eigenvalue weighted by molar-refractivity contribution is 5.38. The third-order valence-electron chi connectivity index (χ3n) is 6.48. The Morgan fingerprint density at radius 2 is 1.70 bits per heavy atom. The van der Waals surface area contributed by atoms with Crippen LogP contribution in [0.3, 0.4) is 0 Å². The van der Waals surface area contributed by atoms with E-state index in [-0.39, 0.29) is 0 Å². The maximum absolute atomic E-state index is 6.28. The quantitative estimate of drug-likeness (QED) is 0.919. The van der Waals surface area contributed by atoms with Crippen LogP contribution in [0.25, 0.3) is 0 Å². The molecule has 0 unspecified atom stereocenters. The van der Waals surface area contributed by atoms with Crippen LogP contribution in [0.5, 0.6) is 0 Å². The molecule has 0 amide bonds. The standard InChI is InChI=1S/C17H27N3/c1-3-16-19-15(17(18)20(16)2)9-14-12-5-10-4-11(7-12)8-13(14)6-10/h10-14H,3-9,18H2,1-2H3. The van der Waals surface area contributed by atoms with Crippen molar-refractivity contribution in [2.45, 2.75) is 51.9 Å². The molecular weight excluding hydrogens is 246 g/mol. The van der Waals surface area contributed by atoms with Gasteiger partial charge in [-0.3, -0.25) is 0 Å². The van der Waals surface area contributed by atoms with Gasteiger partial charge in [-0.2, -0.15) is 0 Å². The summed E-state index contributed by atoms with van der Waals surface area (Å²) in [6.07, 6.45) is 9.61. The Morgan fingerprint density at radius 3 is 2.20 bits per heavy atom. The van der Waals surface area contributed by atoms with Gasteiger partial charge in [0.15, 0.2) is 0 Å². The summed E-state index contributed by atoms with van der Waals surface area (Å²) in [5.74, 6) is 6.97. The predicted octanol–water partition coefficient (Wildman–Crippen LogP) is 3.18. The van der Waals surface area contributed by atoms with Gasteiger partial charge >= 0.3 is 0 Å². The molecule has 3 nitrogen and oxygen atoms in total. The van der Waals surface area contributed by atoms with Crippen LogP contribution in [0.1, 0.15) is 50.5 Å². The molecule has 1 aromatic rings. The van der Waals surface area contributed by atoms with Crippen LogP contribution in [-0.2, 0) is 19.9 Å². The molecule has 1 heterocycles. The largest absolute Gasteiger partial charge is 0.384 e. The number of rotatable bonds is 3. The van der Waals surface area contributed by atoms with Crippen molar-refractivity contribution < 1.29 is 0 Å². The molecule has 0 radical (unpaired) electrons. The molecule has 4 aliphatic carbocycles. The molecule has 0 aromatic carbocycles. The second-order valence-corrected chi connectivity index (χ2v) is 7.57. The van der Waals surface area contributed by atoms with Gasteiger partial charge < -0.3 is 10.3 Å². The zero-order valence-corrected chi connectivity index (χ0v) is 12.8. The highest BCUT2D eigenvalue weighted by atomic mass is 15.1. The lowest BCUT2D eigenvalue weighted by Gasteiger charge is -2.54. The highest BCUT2D eigenvalue weighted by Crippen LogP contribution is 2.57. The van der Waals surface area contributed by atoms with Crippen molar-refractivity contribution in [3.8, 4) is 0 Å². The van der Waals surface area contributed by atoms with Crippen LogP contribution in [-0.4, -0.2) is 9.55 Å². The Balaban J connectivity index is 1.57. The summed E-state index contributed by atoms with van der Waals surface area (Å²) in [5.41, 5.74) is 7.47. The molecular formula is C17H27N3. The molecule has 20 heavy (non-hydrogen) atoms. The Labute approximate surface area is 122 Å². The summed E-state index contributed by atoms with van der Waals surface area (Å²) >= 11 is 0. The van der Waals surface area contributed by atoms with E-state index in [0.717, 1.165) is 54.1 Å². The first-order valence-electron chi connectivity index (χ1n) is 8.45. The number of aryl methyl sites for hydroxylation is 1. The normalized spacial score (nSPS) is 38.6. The van der Waals surface area contributed by atoms with E-state index < -0.39 is 0 Å². The lowest BCUT2D eigenvalue weighted by atomic mass is 9.51. The van der Waals surface area contributed by atoms with Gasteiger partial charge in [0.1, 0.15) is 11.6 Å². The van der Waals surface area contributed by atoms with Gasteiger partial charge in [0.2, 0.25) is 0 Å². The summed E-state index contributed by atoms with van der Waals surface area (Å²) < 4.78 is 2.09. The third-order valence-corrected chi connectivity index (χ3v) is 6.48. The number of nitrogens with two attached hydrogens (primary N) is 1. The van der Waals surface area contributed by atoms with E-state index in [1.54, 1.807) is 0 Å². The topological polar surface area (TPSA) is 43.8 Å². The van der Waals surface area contributed by atoms with Crippen molar-refractivity contribution in [3.63, 3.8) is 0 Å². The van der Waals surface area contributed by atoms with E-state index in [9.17, 15) is 0 Å². The van der Waals surface area contributed by atoms with Crippen molar-refractivity contribution in [2.75, 3.05) is 5.73 Å². The van der Waals surface area contributed by atoms with Gasteiger partial charge in [-0.05, 0) is 68.1 Å². The second-order valence-electron chi connectivity index (χ2n) is 7.57. The number of hydrogen-bond donors (Lipinski definition) is 1. The van der Waals surface area contributed by atoms with Crippen LogP contribution in [0.2, 0.25) is 0 Å². The van der Waals surface area contributed by atoms with Crippen molar-refractivity contribution in [1.82, 2.24) is 9.55 Å². The first kappa shape index (κ1) is 12.7. The fourth-order valence-electron chi connectivity index (χ4n) is 5.68. The lowest BCUT2D eigenvalue weighted by Crippen LogP contribution is -2.45. The summed E-state index contributed by atoms with van der Waals surface area (Å²) in [7, 11) is 2.06. The molecule has 4 aliphatic rings. The summed E-state index contributed by atoms with van der Waals surface area (Å²) in [5, 5.41) is 0. The van der Waals surface area contributed by atoms with E-state index in [2.05, 4.69) is 18.5 Å². The number of nitrogens with zero attached hydrogens (tertiary/aromatic N) is 2. The first-order valence-corrected chi connectivity index (χ1v) is 8.45. The number of hydrogen-bond acceptors (Lipinski definition) is 2. The molecule has 5 rings (SSSR count). The minimum Gasteiger partial charge on any atom is -0.384 e. The van der Waals surface area contributed by atoms with E-state index >= 15 is 0 Å². The average Bonchev–Trinajstić information content (AvgIpc) is 2.69. The van der Waals surface area contributed by atoms with Crippen LogP contribution in [0.4, 0.5) is 5.82 Å². The van der Waals surface area contributed by atoms with Gasteiger partial charge in [-0.1, -0.05) is 6.92 Å². The van der Waals surface area contributed by atoms with Crippen molar-refractivity contribution in [2.24, 2.45) is 36.6 Å². The molecule has 3 heteroatoms. The van der Waals surface area contributed by atoms with Gasteiger partial charge in [0.05, 0.1) is 5.69 Å². The zero-order valence-electron chi connectivity index (χ0n) is 12.8. The van der Waals surface area contributed by atoms with E-state index in [0.29, 0.717) is 0 Å². The maximum Gasteiger partial charge on any atom is 0.126 e. The third kappa shape index (κ3) is 1.82. The van der Waals surface area contributed by atoms with Crippen LogP contribution >= 0.6 is 0 Å². The van der Waals surface area contributed by atoms with Crippen molar-refractivity contribution in [1.29, 1.82) is 0 Å². The SMILES string of the molecule is CCc1nc(CC2C3CC4CC(C3)CC2C4)c(N)n1C. The summed E-state index contributed by atoms with van der Waals surface area (Å²) in [4.78, 5) is 4.82. The summed E-state index contributed by atoms with van der Waals surface area (Å²) in [6.45, 7) is 2.16. The molecule has 110 valence electrons. The number of nitrogen functional groups attached to an aromatic ring is 1. The molecule has 0 aliphatic heterocycles. The van der Waals surface area contributed by atoms with Crippen LogP contribution in [0.15, 0.2) is 0 Å². The van der Waals surface area contributed by atoms with E-state index in [1.165, 1.54) is 37.8 Å². The molecule has 2 N–H and O–H groups in total. The minimum atomic E-state index is 0.865. The Morgan fingerprint density at radius 1 is 1.10 bits per heavy atom. The Kier molecular flexibility index (Phi) is 2.87. The Hall–Kier alpha value is -0.990. The summed E-state index contributed by atoms with van der Waals surface area (Å²) in [6, 6.07) is 0. The van der Waals surface area contributed by atoms with E-state index in [1.807, 2.05) is 0 Å². The molecule has 1 aromatic heterocycles. The molecule has 0 spiro atoms. The molecule has 4 fully saturated rings. The van der Waals surface area contributed by atoms with Crippen LogP contribution in [0, 0.1) is 29.6 Å². The fraction of sp³-hybridized carbons (Fsp3) is 0.824. The predicted molar refractivity (Wildman–Crippen MR) is 81.2 cm³/mol. The average molecular weight is 273 g/mol. The number of aromatic nitrogens is 2.